The summed E-state index contributed by atoms with van der Waals surface area (Å²) in [6.07, 6.45) is 1.98. The first-order chi connectivity index (χ1) is 21.1. The van der Waals surface area contributed by atoms with Gasteiger partial charge in [0.25, 0.3) is 5.91 Å². The average molecular weight is 617 g/mol. The molecule has 3 atom stereocenters. The van der Waals surface area contributed by atoms with Crippen LogP contribution in [0.4, 0.5) is 14.5 Å². The minimum Gasteiger partial charge on any atom is -0.347 e. The fourth-order valence-electron chi connectivity index (χ4n) is 6.38. The average Bonchev–Trinajstić information content (AvgIpc) is 3.14. The number of nitrogens with zero attached hydrogens (tertiary/aromatic N) is 4. The predicted octanol–water partition coefficient (Wildman–Crippen LogP) is 5.98. The molecule has 1 amide bonds. The van der Waals surface area contributed by atoms with Crippen molar-refractivity contribution in [3.8, 4) is 0 Å². The van der Waals surface area contributed by atoms with Gasteiger partial charge in [-0.05, 0) is 62.2 Å². The van der Waals surface area contributed by atoms with Gasteiger partial charge in [-0.15, -0.1) is 0 Å². The summed E-state index contributed by atoms with van der Waals surface area (Å²) < 4.78 is 29.9. The second-order valence-corrected chi connectivity index (χ2v) is 12.1. The van der Waals surface area contributed by atoms with Gasteiger partial charge in [0.05, 0.1) is 23.5 Å². The van der Waals surface area contributed by atoms with E-state index in [9.17, 15) is 13.6 Å². The van der Waals surface area contributed by atoms with E-state index < -0.39 is 17.9 Å². The van der Waals surface area contributed by atoms with Crippen molar-refractivity contribution in [3.63, 3.8) is 0 Å². The summed E-state index contributed by atoms with van der Waals surface area (Å²) in [5.41, 5.74) is 5.35. The second-order valence-electron chi connectivity index (χ2n) is 11.6. The zero-order chi connectivity index (χ0) is 31.1. The Labute approximate surface area is 261 Å². The number of halogens is 3. The Morgan fingerprint density at radius 2 is 1.77 bits per heavy atom. The molecule has 1 saturated heterocycles. The van der Waals surface area contributed by atoms with Crippen molar-refractivity contribution in [2.24, 2.45) is 9.98 Å². The first-order valence-electron chi connectivity index (χ1n) is 14.9. The molecule has 1 fully saturated rings. The molecule has 3 heterocycles. The van der Waals surface area contributed by atoms with Crippen LogP contribution in [0.25, 0.3) is 5.70 Å². The van der Waals surface area contributed by atoms with Crippen LogP contribution in [0.2, 0.25) is 5.02 Å². The van der Waals surface area contributed by atoms with E-state index in [1.165, 1.54) is 18.2 Å². The fourth-order valence-corrected chi connectivity index (χ4v) is 6.55. The van der Waals surface area contributed by atoms with Gasteiger partial charge in [-0.25, -0.2) is 13.8 Å². The molecule has 3 aromatic carbocycles. The number of piperazine rings is 1. The summed E-state index contributed by atoms with van der Waals surface area (Å²) in [5, 5.41) is 7.40. The minimum atomic E-state index is -0.693. The Morgan fingerprint density at radius 1 is 1.05 bits per heavy atom. The number of anilines is 1. The number of aliphatic imine (C=N–C) groups is 2. The third kappa shape index (κ3) is 5.62. The number of carbonyl (C=O) groups is 1. The normalized spacial score (nSPS) is 21.4. The number of hydrogen-bond donors (Lipinski definition) is 2. The lowest BCUT2D eigenvalue weighted by Crippen LogP contribution is -2.55. The van der Waals surface area contributed by atoms with E-state index in [2.05, 4.69) is 36.4 Å². The molecule has 7 nitrogen and oxygen atoms in total. The summed E-state index contributed by atoms with van der Waals surface area (Å²) in [5.74, 6) is -1.36. The zero-order valence-corrected chi connectivity index (χ0v) is 25.9. The van der Waals surface area contributed by atoms with Gasteiger partial charge < -0.3 is 20.4 Å². The van der Waals surface area contributed by atoms with Crippen molar-refractivity contribution in [1.82, 2.24) is 15.1 Å². The summed E-state index contributed by atoms with van der Waals surface area (Å²) >= 11 is 6.40. The topological polar surface area (TPSA) is 72.3 Å². The standard InChI is InChI=1S/C34H35ClF2N6O/c1-5-21-9-11-24(14-26(21)33(44)43-17-19(2)40-20(3)18-43)41-34-39-16-22-15-38-31(30-28(36)7-6-8-29(30)37)27-13-23(35)10-12-25(27)32(22)42(34)4/h6-14,16,19-20,34,40-41H,5,15,17-18H2,1-4H3. The van der Waals surface area contributed by atoms with Crippen LogP contribution < -0.4 is 10.6 Å². The smallest absolute Gasteiger partial charge is 0.254 e. The van der Waals surface area contributed by atoms with Crippen molar-refractivity contribution in [2.45, 2.75) is 45.6 Å². The zero-order valence-electron chi connectivity index (χ0n) is 25.2. The molecule has 0 aromatic heterocycles. The molecule has 44 heavy (non-hydrogen) atoms. The van der Waals surface area contributed by atoms with E-state index in [1.807, 2.05) is 41.1 Å². The van der Waals surface area contributed by atoms with Gasteiger partial charge in [0.1, 0.15) is 11.6 Å². The Balaban J connectivity index is 1.32. The van der Waals surface area contributed by atoms with Gasteiger partial charge in [-0.2, -0.15) is 0 Å². The van der Waals surface area contributed by atoms with Crippen molar-refractivity contribution < 1.29 is 13.6 Å². The third-order valence-corrected chi connectivity index (χ3v) is 8.59. The number of fused-ring (bicyclic) bond motifs is 2. The Hall–Kier alpha value is -4.08. The molecule has 0 spiro atoms. The number of rotatable bonds is 5. The molecule has 0 saturated carbocycles. The maximum Gasteiger partial charge on any atom is 0.254 e. The Kier molecular flexibility index (Phi) is 8.26. The van der Waals surface area contributed by atoms with Gasteiger partial charge in [-0.3, -0.25) is 9.79 Å². The molecule has 0 radical (unpaired) electrons. The fraction of sp³-hybridized carbons (Fsp3) is 0.324. The lowest BCUT2D eigenvalue weighted by Gasteiger charge is -2.37. The second kappa shape index (κ2) is 12.1. The number of amides is 1. The van der Waals surface area contributed by atoms with Crippen molar-refractivity contribution in [3.05, 3.63) is 105 Å². The maximum atomic E-state index is 15.0. The van der Waals surface area contributed by atoms with Gasteiger partial charge in [0.15, 0.2) is 6.29 Å². The van der Waals surface area contributed by atoms with Crippen LogP contribution in [0, 0.1) is 11.6 Å². The molecule has 3 aliphatic rings. The highest BCUT2D eigenvalue weighted by Gasteiger charge is 2.31. The SMILES string of the molecule is CCc1ccc(NC2N=CC3=C(c4ccc(Cl)cc4C(c4c(F)cccc4F)=NC3)N2C)cc1C(=O)N1CC(C)NC(C)C1. The summed E-state index contributed by atoms with van der Waals surface area (Å²) in [6, 6.07) is 15.4. The van der Waals surface area contributed by atoms with Crippen LogP contribution in [-0.2, 0) is 6.42 Å². The Bertz CT molecular complexity index is 1690. The van der Waals surface area contributed by atoms with Gasteiger partial charge >= 0.3 is 0 Å². The first kappa shape index (κ1) is 30.0. The number of carbonyl (C=O) groups excluding carboxylic acids is 1. The summed E-state index contributed by atoms with van der Waals surface area (Å²) in [7, 11) is 1.91. The Morgan fingerprint density at radius 3 is 2.48 bits per heavy atom. The largest absolute Gasteiger partial charge is 0.347 e. The molecule has 3 aromatic rings. The maximum absolute atomic E-state index is 15.0. The molecule has 0 bridgehead atoms. The quantitative estimate of drug-likeness (QED) is 0.370. The third-order valence-electron chi connectivity index (χ3n) is 8.36. The highest BCUT2D eigenvalue weighted by atomic mass is 35.5. The van der Waals surface area contributed by atoms with E-state index >= 15 is 0 Å². The first-order valence-corrected chi connectivity index (χ1v) is 15.3. The minimum absolute atomic E-state index is 0.0239. The lowest BCUT2D eigenvalue weighted by atomic mass is 9.94. The van der Waals surface area contributed by atoms with Crippen LogP contribution in [0.1, 0.15) is 53.4 Å². The van der Waals surface area contributed by atoms with E-state index in [0.717, 1.165) is 34.5 Å². The van der Waals surface area contributed by atoms with E-state index in [-0.39, 0.29) is 35.8 Å². The molecule has 2 N–H and O–H groups in total. The van der Waals surface area contributed by atoms with Gasteiger partial charge in [0.2, 0.25) is 0 Å². The van der Waals surface area contributed by atoms with Crippen LogP contribution in [0.15, 0.2) is 70.2 Å². The van der Waals surface area contributed by atoms with Gasteiger partial charge in [-0.1, -0.05) is 36.7 Å². The van der Waals surface area contributed by atoms with E-state index in [0.29, 0.717) is 29.2 Å². The van der Waals surface area contributed by atoms with E-state index in [1.54, 1.807) is 18.3 Å². The monoisotopic (exact) mass is 616 g/mol. The number of benzene rings is 3. The van der Waals surface area contributed by atoms with Crippen LogP contribution in [0.5, 0.6) is 0 Å². The summed E-state index contributed by atoms with van der Waals surface area (Å²) in [4.78, 5) is 27.0. The van der Waals surface area contributed by atoms with Gasteiger partial charge in [0, 0.05) is 71.4 Å². The highest BCUT2D eigenvalue weighted by Crippen LogP contribution is 2.36. The number of nitrogens with one attached hydrogen (secondary N) is 2. The summed E-state index contributed by atoms with van der Waals surface area (Å²) in [6.45, 7) is 7.72. The highest BCUT2D eigenvalue weighted by molar-refractivity contribution is 6.31. The molecule has 10 heteroatoms. The van der Waals surface area contributed by atoms with Crippen molar-refractivity contribution >= 4 is 40.8 Å². The lowest BCUT2D eigenvalue weighted by molar-refractivity contribution is 0.0672. The van der Waals surface area contributed by atoms with Crippen LogP contribution >= 0.6 is 11.6 Å². The molecule has 228 valence electrons. The van der Waals surface area contributed by atoms with Crippen LogP contribution in [-0.4, -0.2) is 72.7 Å². The van der Waals surface area contributed by atoms with Crippen LogP contribution in [0.3, 0.4) is 0 Å². The molecular weight excluding hydrogens is 582 g/mol. The molecule has 6 rings (SSSR count). The molecular formula is C34H35ClF2N6O. The molecule has 3 aliphatic heterocycles. The predicted molar refractivity (Wildman–Crippen MR) is 173 cm³/mol. The molecule has 3 unspecified atom stereocenters. The van der Waals surface area contributed by atoms with Crippen molar-refractivity contribution in [2.75, 3.05) is 32.0 Å². The molecule has 0 aliphatic carbocycles. The number of aryl methyl sites for hydroxylation is 1. The van der Waals surface area contributed by atoms with E-state index in [4.69, 9.17) is 16.6 Å². The van der Waals surface area contributed by atoms with Crippen molar-refractivity contribution in [1.29, 1.82) is 0 Å². The number of hydrogen-bond acceptors (Lipinski definition) is 6.